The first-order valence-corrected chi connectivity index (χ1v) is 11.4. The number of hydrogen-bond acceptors (Lipinski definition) is 6. The molecule has 0 saturated carbocycles. The largest absolute Gasteiger partial charge is 0.419 e. The lowest BCUT2D eigenvalue weighted by Gasteiger charge is -2.33. The van der Waals surface area contributed by atoms with Crippen molar-refractivity contribution >= 4 is 33.8 Å². The molecule has 1 fully saturated rings. The van der Waals surface area contributed by atoms with Gasteiger partial charge in [0.25, 0.3) is 0 Å². The van der Waals surface area contributed by atoms with Crippen molar-refractivity contribution in [3.05, 3.63) is 42.0 Å². The normalized spacial score (nSPS) is 15.3. The molecule has 1 aliphatic rings. The van der Waals surface area contributed by atoms with E-state index in [1.54, 1.807) is 18.3 Å². The molecular formula is C24H24F3N7O. The zero-order valence-electron chi connectivity index (χ0n) is 19.3. The van der Waals surface area contributed by atoms with Crippen LogP contribution in [-0.2, 0) is 11.0 Å². The molecule has 0 spiro atoms. The Balaban J connectivity index is 1.61. The monoisotopic (exact) mass is 483 g/mol. The summed E-state index contributed by atoms with van der Waals surface area (Å²) >= 11 is 0. The fourth-order valence-electron chi connectivity index (χ4n) is 4.80. The van der Waals surface area contributed by atoms with Crippen molar-refractivity contribution in [2.24, 2.45) is 0 Å². The first kappa shape index (κ1) is 23.0. The number of alkyl halides is 3. The number of aryl methyl sites for hydroxylation is 1. The summed E-state index contributed by atoms with van der Waals surface area (Å²) in [7, 11) is 0. The molecule has 1 aliphatic heterocycles. The van der Waals surface area contributed by atoms with Crippen molar-refractivity contribution in [2.45, 2.75) is 45.3 Å². The molecular weight excluding hydrogens is 459 g/mol. The summed E-state index contributed by atoms with van der Waals surface area (Å²) in [4.78, 5) is 31.6. The number of nitrogens with zero attached hydrogens (tertiary/aromatic N) is 6. The van der Waals surface area contributed by atoms with Crippen molar-refractivity contribution in [2.75, 3.05) is 18.8 Å². The Morgan fingerprint density at radius 1 is 1.11 bits per heavy atom. The van der Waals surface area contributed by atoms with Gasteiger partial charge >= 0.3 is 6.18 Å². The number of carbonyl (C=O) groups is 1. The number of likely N-dealkylation sites (tertiary alicyclic amines) is 1. The van der Waals surface area contributed by atoms with Crippen LogP contribution in [0.1, 0.15) is 43.6 Å². The first-order chi connectivity index (χ1) is 16.7. The summed E-state index contributed by atoms with van der Waals surface area (Å²) in [5, 5.41) is 0. The average Bonchev–Trinajstić information content (AvgIpc) is 3.19. The zero-order valence-corrected chi connectivity index (χ0v) is 19.3. The number of imidazole rings is 1. The second kappa shape index (κ2) is 8.47. The third-order valence-electron chi connectivity index (χ3n) is 6.54. The van der Waals surface area contributed by atoms with Crippen molar-refractivity contribution in [1.29, 1.82) is 0 Å². The summed E-state index contributed by atoms with van der Waals surface area (Å²) in [6.07, 6.45) is 0.385. The van der Waals surface area contributed by atoms with E-state index in [1.807, 2.05) is 18.7 Å². The van der Waals surface area contributed by atoms with Crippen molar-refractivity contribution in [1.82, 2.24) is 29.4 Å². The molecule has 11 heteroatoms. The van der Waals surface area contributed by atoms with E-state index in [4.69, 9.17) is 10.7 Å². The number of nitrogens with two attached hydrogens (primary N) is 1. The Kier molecular flexibility index (Phi) is 5.57. The molecule has 35 heavy (non-hydrogen) atoms. The maximum Gasteiger partial charge on any atom is 0.419 e. The number of aromatic nitrogens is 5. The lowest BCUT2D eigenvalue weighted by atomic mass is 10.0. The number of amides is 1. The minimum Gasteiger partial charge on any atom is -0.383 e. The quantitative estimate of drug-likeness (QED) is 0.460. The fraction of sp³-hybridized carbons (Fsp3) is 0.375. The summed E-state index contributed by atoms with van der Waals surface area (Å²) in [6.45, 7) is 5.10. The lowest BCUT2D eigenvalue weighted by molar-refractivity contribution is -0.137. The molecule has 5 rings (SSSR count). The molecule has 0 bridgehead atoms. The summed E-state index contributed by atoms with van der Waals surface area (Å²) < 4.78 is 42.3. The van der Waals surface area contributed by atoms with Crippen LogP contribution in [0.3, 0.4) is 0 Å². The van der Waals surface area contributed by atoms with E-state index in [0.29, 0.717) is 41.8 Å². The van der Waals surface area contributed by atoms with Crippen LogP contribution >= 0.6 is 0 Å². The number of piperidine rings is 1. The molecule has 0 aromatic carbocycles. The van der Waals surface area contributed by atoms with Gasteiger partial charge in [-0.15, -0.1) is 0 Å². The molecule has 1 amide bonds. The van der Waals surface area contributed by atoms with Crippen molar-refractivity contribution in [3.63, 3.8) is 0 Å². The Morgan fingerprint density at radius 3 is 2.54 bits per heavy atom. The van der Waals surface area contributed by atoms with Crippen LogP contribution in [-0.4, -0.2) is 48.4 Å². The van der Waals surface area contributed by atoms with Gasteiger partial charge in [-0.05, 0) is 38.0 Å². The van der Waals surface area contributed by atoms with Gasteiger partial charge in [-0.1, -0.05) is 6.92 Å². The van der Waals surface area contributed by atoms with Gasteiger partial charge in [0.2, 0.25) is 5.91 Å². The standard InChI is InChI=1S/C24H24F3N7O/c1-3-20(35)33-8-6-15(7-9-33)34-13(2)31-19-12-29-18-5-4-17(32-21(18)22(19)34)14-10-16(24(25,26)27)23(28)30-11-14/h4-5,10-12,15H,3,6-9H2,1-2H3,(H2,28,30). The van der Waals surface area contributed by atoms with E-state index < -0.39 is 17.6 Å². The number of hydrogen-bond donors (Lipinski definition) is 1. The van der Waals surface area contributed by atoms with E-state index in [2.05, 4.69) is 19.5 Å². The highest BCUT2D eigenvalue weighted by Gasteiger charge is 2.34. The van der Waals surface area contributed by atoms with E-state index in [9.17, 15) is 18.0 Å². The van der Waals surface area contributed by atoms with Crippen molar-refractivity contribution < 1.29 is 18.0 Å². The van der Waals surface area contributed by atoms with Gasteiger partial charge in [-0.2, -0.15) is 13.2 Å². The lowest BCUT2D eigenvalue weighted by Crippen LogP contribution is -2.38. The van der Waals surface area contributed by atoms with Crippen LogP contribution in [0.4, 0.5) is 19.0 Å². The second-order valence-corrected chi connectivity index (χ2v) is 8.71. The summed E-state index contributed by atoms with van der Waals surface area (Å²) in [6, 6.07) is 4.44. The van der Waals surface area contributed by atoms with E-state index in [0.717, 1.165) is 30.2 Å². The molecule has 0 radical (unpaired) electrons. The zero-order chi connectivity index (χ0) is 24.9. The SMILES string of the molecule is CCC(=O)N1CCC(n2c(C)nc3cnc4ccc(-c5cnc(N)c(C(F)(F)F)c5)nc4c32)CC1. The number of pyridine rings is 3. The van der Waals surface area contributed by atoms with E-state index in [1.165, 1.54) is 6.20 Å². The molecule has 1 saturated heterocycles. The van der Waals surface area contributed by atoms with E-state index in [-0.39, 0.29) is 17.5 Å². The third kappa shape index (κ3) is 4.04. The molecule has 8 nitrogen and oxygen atoms in total. The van der Waals surface area contributed by atoms with Crippen LogP contribution < -0.4 is 5.73 Å². The predicted octanol–water partition coefficient (Wildman–Crippen LogP) is 4.52. The van der Waals surface area contributed by atoms with Gasteiger partial charge in [0.05, 0.1) is 28.5 Å². The number of rotatable bonds is 3. The van der Waals surface area contributed by atoms with Crippen LogP contribution in [0.5, 0.6) is 0 Å². The van der Waals surface area contributed by atoms with Gasteiger partial charge in [0, 0.05) is 37.3 Å². The molecule has 4 aromatic heterocycles. The molecule has 182 valence electrons. The smallest absolute Gasteiger partial charge is 0.383 e. The molecule has 4 aromatic rings. The van der Waals surface area contributed by atoms with Crippen LogP contribution in [0.15, 0.2) is 30.6 Å². The topological polar surface area (TPSA) is 103 Å². The first-order valence-electron chi connectivity index (χ1n) is 11.4. The van der Waals surface area contributed by atoms with E-state index >= 15 is 0 Å². The Labute approximate surface area is 199 Å². The number of fused-ring (bicyclic) bond motifs is 3. The number of carbonyl (C=O) groups excluding carboxylic acids is 1. The second-order valence-electron chi connectivity index (χ2n) is 8.71. The van der Waals surface area contributed by atoms with Gasteiger partial charge in [0.15, 0.2) is 0 Å². The number of halogens is 3. The maximum absolute atomic E-state index is 13.4. The summed E-state index contributed by atoms with van der Waals surface area (Å²) in [5.41, 5.74) is 7.62. The fourth-order valence-corrected chi connectivity index (χ4v) is 4.80. The molecule has 2 N–H and O–H groups in total. The highest BCUT2D eigenvalue weighted by molar-refractivity contribution is 6.00. The third-order valence-corrected chi connectivity index (χ3v) is 6.54. The van der Waals surface area contributed by atoms with Crippen LogP contribution in [0, 0.1) is 6.92 Å². The highest BCUT2D eigenvalue weighted by Crippen LogP contribution is 2.36. The van der Waals surface area contributed by atoms with Gasteiger partial charge in [0.1, 0.15) is 22.7 Å². The average molecular weight is 483 g/mol. The van der Waals surface area contributed by atoms with Gasteiger partial charge < -0.3 is 15.2 Å². The minimum absolute atomic E-state index is 0.118. The molecule has 0 atom stereocenters. The van der Waals surface area contributed by atoms with Gasteiger partial charge in [-0.3, -0.25) is 9.78 Å². The molecule has 0 unspecified atom stereocenters. The molecule has 5 heterocycles. The number of nitrogen functional groups attached to an aromatic ring is 1. The predicted molar refractivity (Wildman–Crippen MR) is 125 cm³/mol. The highest BCUT2D eigenvalue weighted by atomic mass is 19.4. The van der Waals surface area contributed by atoms with Crippen molar-refractivity contribution in [3.8, 4) is 11.3 Å². The Bertz CT molecular complexity index is 1440. The number of anilines is 1. The Hall–Kier alpha value is -3.76. The van der Waals surface area contributed by atoms with Gasteiger partial charge in [-0.25, -0.2) is 15.0 Å². The Morgan fingerprint density at radius 2 is 1.86 bits per heavy atom. The van der Waals surface area contributed by atoms with Crippen LogP contribution in [0.25, 0.3) is 33.3 Å². The summed E-state index contributed by atoms with van der Waals surface area (Å²) in [5.74, 6) is 0.370. The maximum atomic E-state index is 13.4. The minimum atomic E-state index is -4.62. The van der Waals surface area contributed by atoms with Crippen LogP contribution in [0.2, 0.25) is 0 Å². The molecule has 0 aliphatic carbocycles.